The third kappa shape index (κ3) is 9.48. The standard InChI is InChI=1S/C13H22N4O7S2/c14-6(4-25)11(22)17-8(5-26)13(24)16-7(1-2-9(18)19)12(23)15-3-10(20)21/h6-8,25-26H,1-5,14H2,(H,15,23)(H,16,24)(H,17,22)(H,18,19)(H,20,21). The number of nitrogens with two attached hydrogens (primary N) is 1. The minimum absolute atomic E-state index is 0.0472. The molecule has 0 heterocycles. The van der Waals surface area contributed by atoms with Gasteiger partial charge in [-0.05, 0) is 6.42 Å². The van der Waals surface area contributed by atoms with Gasteiger partial charge >= 0.3 is 11.9 Å². The van der Waals surface area contributed by atoms with Crippen LogP contribution in [0.2, 0.25) is 0 Å². The van der Waals surface area contributed by atoms with E-state index in [0.717, 1.165) is 0 Å². The Morgan fingerprint density at radius 1 is 0.846 bits per heavy atom. The summed E-state index contributed by atoms with van der Waals surface area (Å²) in [6, 6.07) is -3.37. The van der Waals surface area contributed by atoms with E-state index >= 15 is 0 Å². The summed E-state index contributed by atoms with van der Waals surface area (Å²) in [4.78, 5) is 57.1. The Morgan fingerprint density at radius 3 is 1.88 bits per heavy atom. The monoisotopic (exact) mass is 410 g/mol. The lowest BCUT2D eigenvalue weighted by Crippen LogP contribution is -2.57. The maximum absolute atomic E-state index is 12.2. The molecule has 0 bridgehead atoms. The zero-order chi connectivity index (χ0) is 20.3. The molecule has 0 aliphatic rings. The van der Waals surface area contributed by atoms with Gasteiger partial charge in [-0.25, -0.2) is 0 Å². The quantitative estimate of drug-likeness (QED) is 0.158. The minimum atomic E-state index is -1.30. The van der Waals surface area contributed by atoms with E-state index in [-0.39, 0.29) is 17.9 Å². The highest BCUT2D eigenvalue weighted by atomic mass is 32.1. The third-order valence-corrected chi connectivity index (χ3v) is 3.80. The summed E-state index contributed by atoms with van der Waals surface area (Å²) in [6.07, 6.45) is -0.705. The molecule has 0 aliphatic heterocycles. The molecule has 0 saturated carbocycles. The van der Waals surface area contributed by atoms with E-state index in [1.54, 1.807) is 0 Å². The van der Waals surface area contributed by atoms with Gasteiger partial charge in [0, 0.05) is 17.9 Å². The fourth-order valence-electron chi connectivity index (χ4n) is 1.65. The van der Waals surface area contributed by atoms with Crippen LogP contribution >= 0.6 is 25.3 Å². The van der Waals surface area contributed by atoms with Gasteiger partial charge in [-0.3, -0.25) is 24.0 Å². The predicted octanol–water partition coefficient (Wildman–Crippen LogP) is -2.79. The molecule has 0 aliphatic carbocycles. The van der Waals surface area contributed by atoms with Crippen molar-refractivity contribution in [3.05, 3.63) is 0 Å². The molecule has 0 aromatic rings. The van der Waals surface area contributed by atoms with Gasteiger partial charge in [-0.1, -0.05) is 0 Å². The topological polar surface area (TPSA) is 188 Å². The highest BCUT2D eigenvalue weighted by Crippen LogP contribution is 2.01. The summed E-state index contributed by atoms with van der Waals surface area (Å²) in [6.45, 7) is -0.693. The summed E-state index contributed by atoms with van der Waals surface area (Å²) in [7, 11) is 0. The predicted molar refractivity (Wildman–Crippen MR) is 97.1 cm³/mol. The maximum atomic E-state index is 12.2. The van der Waals surface area contributed by atoms with Crippen LogP contribution in [-0.4, -0.2) is 76.0 Å². The Hall–Kier alpha value is -1.99. The van der Waals surface area contributed by atoms with Crippen LogP contribution in [0.3, 0.4) is 0 Å². The molecule has 11 nitrogen and oxygen atoms in total. The number of thiol groups is 2. The Morgan fingerprint density at radius 2 is 1.42 bits per heavy atom. The van der Waals surface area contributed by atoms with Gasteiger partial charge in [0.15, 0.2) is 0 Å². The molecular weight excluding hydrogens is 388 g/mol. The SMILES string of the molecule is NC(CS)C(=O)NC(CS)C(=O)NC(CCC(=O)O)C(=O)NCC(=O)O. The minimum Gasteiger partial charge on any atom is -0.481 e. The van der Waals surface area contributed by atoms with Crippen molar-refractivity contribution in [1.29, 1.82) is 0 Å². The molecule has 3 amide bonds. The van der Waals surface area contributed by atoms with Crippen molar-refractivity contribution < 1.29 is 34.2 Å². The molecule has 0 spiro atoms. The summed E-state index contributed by atoms with van der Waals surface area (Å²) < 4.78 is 0. The average Bonchev–Trinajstić information content (AvgIpc) is 2.59. The van der Waals surface area contributed by atoms with Gasteiger partial charge in [0.25, 0.3) is 0 Å². The molecule has 7 N–H and O–H groups in total. The van der Waals surface area contributed by atoms with E-state index in [9.17, 15) is 24.0 Å². The van der Waals surface area contributed by atoms with Crippen molar-refractivity contribution in [3.63, 3.8) is 0 Å². The van der Waals surface area contributed by atoms with Gasteiger partial charge in [-0.2, -0.15) is 25.3 Å². The van der Waals surface area contributed by atoms with Crippen molar-refractivity contribution in [2.45, 2.75) is 31.0 Å². The van der Waals surface area contributed by atoms with Gasteiger partial charge in [0.1, 0.15) is 18.6 Å². The van der Waals surface area contributed by atoms with E-state index in [0.29, 0.717) is 0 Å². The van der Waals surface area contributed by atoms with Gasteiger partial charge in [-0.15, -0.1) is 0 Å². The maximum Gasteiger partial charge on any atom is 0.322 e. The summed E-state index contributed by atoms with van der Waals surface area (Å²) in [5.41, 5.74) is 5.49. The van der Waals surface area contributed by atoms with Crippen molar-refractivity contribution in [2.75, 3.05) is 18.1 Å². The number of nitrogens with one attached hydrogen (secondary N) is 3. The zero-order valence-electron chi connectivity index (χ0n) is 13.7. The molecule has 0 fully saturated rings. The number of amides is 3. The van der Waals surface area contributed by atoms with Crippen molar-refractivity contribution in [3.8, 4) is 0 Å². The van der Waals surface area contributed by atoms with E-state index in [1.807, 2.05) is 0 Å². The number of rotatable bonds is 12. The molecule has 0 radical (unpaired) electrons. The van der Waals surface area contributed by atoms with Crippen LogP contribution in [0.4, 0.5) is 0 Å². The van der Waals surface area contributed by atoms with Crippen LogP contribution in [0, 0.1) is 0 Å². The number of aliphatic carboxylic acids is 2. The summed E-state index contributed by atoms with van der Waals surface area (Å²) in [5.74, 6) is -4.87. The molecule has 3 unspecified atom stereocenters. The summed E-state index contributed by atoms with van der Waals surface area (Å²) >= 11 is 7.81. The molecule has 0 aromatic carbocycles. The van der Waals surface area contributed by atoms with E-state index < -0.39 is 60.8 Å². The average molecular weight is 410 g/mol. The van der Waals surface area contributed by atoms with E-state index in [1.165, 1.54) is 0 Å². The number of carbonyl (C=O) groups excluding carboxylic acids is 3. The van der Waals surface area contributed by atoms with Crippen LogP contribution in [0.5, 0.6) is 0 Å². The van der Waals surface area contributed by atoms with Crippen molar-refractivity contribution >= 4 is 54.9 Å². The first-order chi connectivity index (χ1) is 12.1. The first-order valence-electron chi connectivity index (χ1n) is 7.41. The second-order valence-electron chi connectivity index (χ2n) is 5.14. The lowest BCUT2D eigenvalue weighted by atomic mass is 10.1. The smallest absolute Gasteiger partial charge is 0.322 e. The second-order valence-corrected chi connectivity index (χ2v) is 5.87. The van der Waals surface area contributed by atoms with Crippen LogP contribution in [0.25, 0.3) is 0 Å². The number of carboxylic acid groups (broad SMARTS) is 2. The zero-order valence-corrected chi connectivity index (χ0v) is 15.5. The molecule has 0 saturated heterocycles. The molecule has 0 rings (SSSR count). The Bertz CT molecular complexity index is 547. The molecule has 13 heteroatoms. The normalized spacial score (nSPS) is 13.8. The Kier molecular flexibility index (Phi) is 11.4. The highest BCUT2D eigenvalue weighted by molar-refractivity contribution is 7.80. The number of hydrogen-bond donors (Lipinski definition) is 8. The summed E-state index contributed by atoms with van der Waals surface area (Å²) in [5, 5.41) is 24.0. The number of carbonyl (C=O) groups is 5. The van der Waals surface area contributed by atoms with Crippen LogP contribution in [-0.2, 0) is 24.0 Å². The van der Waals surface area contributed by atoms with Crippen molar-refractivity contribution in [2.24, 2.45) is 5.73 Å². The van der Waals surface area contributed by atoms with Crippen molar-refractivity contribution in [1.82, 2.24) is 16.0 Å². The fraction of sp³-hybridized carbons (Fsp3) is 0.615. The van der Waals surface area contributed by atoms with Crippen LogP contribution in [0.1, 0.15) is 12.8 Å². The number of hydrogen-bond acceptors (Lipinski definition) is 8. The van der Waals surface area contributed by atoms with Gasteiger partial charge in [0.2, 0.25) is 17.7 Å². The first-order valence-corrected chi connectivity index (χ1v) is 8.68. The second kappa shape index (κ2) is 12.4. The Balaban J connectivity index is 4.99. The molecule has 0 aromatic heterocycles. The largest absolute Gasteiger partial charge is 0.481 e. The van der Waals surface area contributed by atoms with E-state index in [2.05, 4.69) is 41.2 Å². The molecule has 3 atom stereocenters. The van der Waals surface area contributed by atoms with Crippen LogP contribution < -0.4 is 21.7 Å². The first kappa shape index (κ1) is 24.0. The lowest BCUT2D eigenvalue weighted by molar-refractivity contribution is -0.140. The fourth-order valence-corrected chi connectivity index (χ4v) is 2.07. The van der Waals surface area contributed by atoms with Gasteiger partial charge < -0.3 is 31.9 Å². The molecule has 26 heavy (non-hydrogen) atoms. The van der Waals surface area contributed by atoms with E-state index in [4.69, 9.17) is 15.9 Å². The highest BCUT2D eigenvalue weighted by Gasteiger charge is 2.27. The number of carboxylic acids is 2. The molecular formula is C13H22N4O7S2. The lowest BCUT2D eigenvalue weighted by Gasteiger charge is -2.22. The van der Waals surface area contributed by atoms with Gasteiger partial charge in [0.05, 0.1) is 6.04 Å². The van der Waals surface area contributed by atoms with Crippen LogP contribution in [0.15, 0.2) is 0 Å². The molecule has 148 valence electrons. The Labute approximate surface area is 160 Å². The third-order valence-electron chi connectivity index (χ3n) is 3.04.